The molecule has 1 aliphatic rings. The number of aromatic amines is 1. The van der Waals surface area contributed by atoms with Gasteiger partial charge in [-0.05, 0) is 18.8 Å². The molecule has 1 aliphatic carbocycles. The fraction of sp³-hybridized carbons (Fsp3) is 0.444. The number of nitrogens with one attached hydrogen (secondary N) is 2. The second kappa shape index (κ2) is 2.94. The number of fused-ring (bicyclic) bond motifs is 1. The van der Waals surface area contributed by atoms with Crippen molar-refractivity contribution in [3.8, 4) is 0 Å². The Hall–Kier alpha value is -1.65. The van der Waals surface area contributed by atoms with Crippen LogP contribution in [0.1, 0.15) is 12.8 Å². The lowest BCUT2D eigenvalue weighted by Crippen LogP contribution is -2.04. The summed E-state index contributed by atoms with van der Waals surface area (Å²) in [5.41, 5.74) is 1.60. The van der Waals surface area contributed by atoms with Gasteiger partial charge in [-0.15, -0.1) is 0 Å². The summed E-state index contributed by atoms with van der Waals surface area (Å²) in [6.07, 6.45) is 5.92. The first-order valence-electron chi connectivity index (χ1n) is 4.81. The van der Waals surface area contributed by atoms with Crippen LogP contribution in [0, 0.1) is 5.92 Å². The summed E-state index contributed by atoms with van der Waals surface area (Å²) in [7, 11) is 0. The van der Waals surface area contributed by atoms with Crippen molar-refractivity contribution >= 4 is 17.1 Å². The zero-order valence-corrected chi connectivity index (χ0v) is 7.70. The third-order valence-electron chi connectivity index (χ3n) is 2.42. The van der Waals surface area contributed by atoms with E-state index in [0.717, 1.165) is 29.6 Å². The number of H-pyrrole nitrogens is 1. The summed E-state index contributed by atoms with van der Waals surface area (Å²) < 4.78 is 0. The van der Waals surface area contributed by atoms with Gasteiger partial charge in [0.05, 0.1) is 6.20 Å². The molecule has 72 valence electrons. The summed E-state index contributed by atoms with van der Waals surface area (Å²) in [5, 5.41) is 3.26. The normalized spacial score (nSPS) is 16.0. The molecule has 3 rings (SSSR count). The Morgan fingerprint density at radius 3 is 3.21 bits per heavy atom. The highest BCUT2D eigenvalue weighted by Gasteiger charge is 2.21. The lowest BCUT2D eigenvalue weighted by molar-refractivity contribution is 0.879. The molecule has 0 aromatic carbocycles. The van der Waals surface area contributed by atoms with Crippen LogP contribution in [-0.2, 0) is 0 Å². The van der Waals surface area contributed by atoms with E-state index in [1.165, 1.54) is 19.2 Å². The molecule has 1 fully saturated rings. The van der Waals surface area contributed by atoms with E-state index in [1.54, 1.807) is 6.20 Å². The maximum atomic E-state index is 4.29. The van der Waals surface area contributed by atoms with Crippen LogP contribution in [-0.4, -0.2) is 26.5 Å². The number of hydrogen-bond donors (Lipinski definition) is 2. The topological polar surface area (TPSA) is 66.5 Å². The molecule has 0 radical (unpaired) electrons. The first-order chi connectivity index (χ1) is 6.92. The Morgan fingerprint density at radius 2 is 2.43 bits per heavy atom. The fourth-order valence-corrected chi connectivity index (χ4v) is 1.41. The average Bonchev–Trinajstić information content (AvgIpc) is 2.94. The Bertz CT molecular complexity index is 412. The van der Waals surface area contributed by atoms with Crippen LogP contribution >= 0.6 is 0 Å². The minimum absolute atomic E-state index is 0.721. The summed E-state index contributed by atoms with van der Waals surface area (Å²) in [5.74, 6) is 1.64. The third-order valence-corrected chi connectivity index (χ3v) is 2.42. The second-order valence-corrected chi connectivity index (χ2v) is 3.67. The van der Waals surface area contributed by atoms with Gasteiger partial charge in [0.25, 0.3) is 0 Å². The molecular weight excluding hydrogens is 178 g/mol. The van der Waals surface area contributed by atoms with Gasteiger partial charge in [0.2, 0.25) is 5.95 Å². The summed E-state index contributed by atoms with van der Waals surface area (Å²) in [6, 6.07) is 0. The molecule has 0 aliphatic heterocycles. The van der Waals surface area contributed by atoms with Crippen LogP contribution in [0.4, 0.5) is 5.95 Å². The minimum Gasteiger partial charge on any atom is -0.355 e. The molecule has 5 heteroatoms. The van der Waals surface area contributed by atoms with Gasteiger partial charge in [-0.25, -0.2) is 9.97 Å². The van der Waals surface area contributed by atoms with Gasteiger partial charge in [0, 0.05) is 6.54 Å². The first kappa shape index (κ1) is 7.73. The predicted molar refractivity (Wildman–Crippen MR) is 52.9 cm³/mol. The van der Waals surface area contributed by atoms with Gasteiger partial charge in [0.1, 0.15) is 11.8 Å². The molecule has 14 heavy (non-hydrogen) atoms. The van der Waals surface area contributed by atoms with E-state index < -0.39 is 0 Å². The maximum absolute atomic E-state index is 4.29. The lowest BCUT2D eigenvalue weighted by Gasteiger charge is -1.98. The Labute approximate surface area is 81.0 Å². The van der Waals surface area contributed by atoms with Gasteiger partial charge in [-0.3, -0.25) is 0 Å². The van der Waals surface area contributed by atoms with Crippen molar-refractivity contribution in [2.45, 2.75) is 12.8 Å². The Balaban J connectivity index is 1.82. The predicted octanol–water partition coefficient (Wildman–Crippen LogP) is 1.17. The molecule has 2 N–H and O–H groups in total. The first-order valence-corrected chi connectivity index (χ1v) is 4.81. The number of imidazole rings is 1. The van der Waals surface area contributed by atoms with E-state index in [9.17, 15) is 0 Å². The molecule has 2 aromatic heterocycles. The monoisotopic (exact) mass is 189 g/mol. The smallest absolute Gasteiger partial charge is 0.202 e. The van der Waals surface area contributed by atoms with Crippen LogP contribution < -0.4 is 5.32 Å². The molecule has 0 spiro atoms. The molecule has 0 unspecified atom stereocenters. The lowest BCUT2D eigenvalue weighted by atomic mass is 10.4. The van der Waals surface area contributed by atoms with E-state index in [1.807, 2.05) is 0 Å². The average molecular weight is 189 g/mol. The molecular formula is C9H11N5. The largest absolute Gasteiger partial charge is 0.355 e. The van der Waals surface area contributed by atoms with E-state index in [-0.39, 0.29) is 0 Å². The quantitative estimate of drug-likeness (QED) is 0.760. The molecule has 5 nitrogen and oxygen atoms in total. The molecule has 0 atom stereocenters. The summed E-state index contributed by atoms with van der Waals surface area (Å²) in [4.78, 5) is 15.4. The Kier molecular flexibility index (Phi) is 1.62. The third kappa shape index (κ3) is 1.41. The van der Waals surface area contributed by atoms with Gasteiger partial charge < -0.3 is 10.3 Å². The highest BCUT2D eigenvalue weighted by molar-refractivity contribution is 5.71. The molecule has 0 saturated heterocycles. The Morgan fingerprint density at radius 1 is 1.50 bits per heavy atom. The van der Waals surface area contributed by atoms with E-state index in [2.05, 4.69) is 25.3 Å². The van der Waals surface area contributed by atoms with Crippen molar-refractivity contribution < 1.29 is 0 Å². The SMILES string of the molecule is c1ncc2[nH]c(NCC3CC3)nc2n1. The van der Waals surface area contributed by atoms with Crippen molar-refractivity contribution in [3.63, 3.8) is 0 Å². The maximum Gasteiger partial charge on any atom is 0.202 e. The van der Waals surface area contributed by atoms with Crippen LogP contribution in [0.3, 0.4) is 0 Å². The van der Waals surface area contributed by atoms with Gasteiger partial charge in [-0.2, -0.15) is 4.98 Å². The number of aromatic nitrogens is 4. The summed E-state index contributed by atoms with van der Waals surface area (Å²) in [6.45, 7) is 1.01. The number of rotatable bonds is 3. The van der Waals surface area contributed by atoms with E-state index >= 15 is 0 Å². The number of nitrogens with zero attached hydrogens (tertiary/aromatic N) is 3. The van der Waals surface area contributed by atoms with Gasteiger partial charge in [-0.1, -0.05) is 0 Å². The van der Waals surface area contributed by atoms with Crippen molar-refractivity contribution in [2.75, 3.05) is 11.9 Å². The zero-order valence-electron chi connectivity index (χ0n) is 7.70. The van der Waals surface area contributed by atoms with Crippen molar-refractivity contribution in [1.29, 1.82) is 0 Å². The molecule has 2 heterocycles. The van der Waals surface area contributed by atoms with E-state index in [4.69, 9.17) is 0 Å². The summed E-state index contributed by atoms with van der Waals surface area (Å²) >= 11 is 0. The highest BCUT2D eigenvalue weighted by atomic mass is 15.1. The number of hydrogen-bond acceptors (Lipinski definition) is 4. The molecule has 2 aromatic rings. The van der Waals surface area contributed by atoms with Crippen molar-refractivity contribution in [3.05, 3.63) is 12.5 Å². The highest BCUT2D eigenvalue weighted by Crippen LogP contribution is 2.28. The minimum atomic E-state index is 0.721. The van der Waals surface area contributed by atoms with Crippen LogP contribution in [0.2, 0.25) is 0 Å². The molecule has 1 saturated carbocycles. The van der Waals surface area contributed by atoms with E-state index in [0.29, 0.717) is 0 Å². The van der Waals surface area contributed by atoms with Crippen LogP contribution in [0.15, 0.2) is 12.5 Å². The molecule has 0 bridgehead atoms. The molecule has 0 amide bonds. The van der Waals surface area contributed by atoms with Crippen LogP contribution in [0.25, 0.3) is 11.2 Å². The second-order valence-electron chi connectivity index (χ2n) is 3.67. The number of anilines is 1. The van der Waals surface area contributed by atoms with Crippen molar-refractivity contribution in [2.24, 2.45) is 5.92 Å². The van der Waals surface area contributed by atoms with Gasteiger partial charge in [0.15, 0.2) is 5.65 Å². The van der Waals surface area contributed by atoms with Gasteiger partial charge >= 0.3 is 0 Å². The van der Waals surface area contributed by atoms with Crippen LogP contribution in [0.5, 0.6) is 0 Å². The van der Waals surface area contributed by atoms with Crippen molar-refractivity contribution in [1.82, 2.24) is 19.9 Å². The standard InChI is InChI=1S/C9H11N5/c1-2-6(1)3-11-9-13-7-4-10-5-12-8(7)14-9/h4-6H,1-3H2,(H2,10,11,12,13,14). The fourth-order valence-electron chi connectivity index (χ4n) is 1.41. The zero-order chi connectivity index (χ0) is 9.38.